The lowest BCUT2D eigenvalue weighted by Crippen LogP contribution is -2.30. The lowest BCUT2D eigenvalue weighted by molar-refractivity contribution is 0.0472. The normalized spacial score (nSPS) is 15.6. The minimum atomic E-state index is -0.677. The van der Waals surface area contributed by atoms with Crippen LogP contribution in [0.1, 0.15) is 52.6 Å². The molecule has 8 heteroatoms. The highest BCUT2D eigenvalue weighted by Crippen LogP contribution is 2.27. The van der Waals surface area contributed by atoms with Crippen LogP contribution in [0.4, 0.5) is 0 Å². The van der Waals surface area contributed by atoms with Gasteiger partial charge in [-0.15, -0.1) is 0 Å². The zero-order valence-corrected chi connectivity index (χ0v) is 14.0. The highest BCUT2D eigenvalue weighted by Gasteiger charge is 2.36. The van der Waals surface area contributed by atoms with Gasteiger partial charge in [-0.05, 0) is 41.8 Å². The van der Waals surface area contributed by atoms with E-state index in [1.54, 1.807) is 24.3 Å². The molecule has 2 N–H and O–H groups in total. The van der Waals surface area contributed by atoms with Crippen LogP contribution in [0.3, 0.4) is 0 Å². The van der Waals surface area contributed by atoms with Crippen molar-refractivity contribution in [3.63, 3.8) is 0 Å². The first-order valence-corrected chi connectivity index (χ1v) is 8.16. The topological polar surface area (TPSA) is 115 Å². The van der Waals surface area contributed by atoms with Gasteiger partial charge >= 0.3 is 0 Å². The summed E-state index contributed by atoms with van der Waals surface area (Å²) in [6.45, 7) is -1.35. The number of fused-ring (bicyclic) bond motifs is 2. The average Bonchev–Trinajstić information content (AvgIpc) is 3.05. The fourth-order valence-electron chi connectivity index (χ4n) is 3.39. The van der Waals surface area contributed by atoms with Gasteiger partial charge in [0, 0.05) is 0 Å². The van der Waals surface area contributed by atoms with Gasteiger partial charge in [0.25, 0.3) is 23.6 Å². The molecule has 2 aromatic rings. The first kappa shape index (κ1) is 17.1. The summed E-state index contributed by atoms with van der Waals surface area (Å²) in [5, 5.41) is 18.3. The minimum Gasteiger partial charge on any atom is -0.376 e. The number of benzene rings is 2. The minimum absolute atomic E-state index is 0.227. The first-order valence-electron chi connectivity index (χ1n) is 8.16. The average molecular weight is 366 g/mol. The van der Waals surface area contributed by atoms with Crippen LogP contribution in [-0.2, 0) is 6.42 Å². The molecule has 0 aliphatic carbocycles. The van der Waals surface area contributed by atoms with Gasteiger partial charge in [0.1, 0.15) is 13.5 Å². The number of aliphatic hydroxyl groups is 2. The highest BCUT2D eigenvalue weighted by molar-refractivity contribution is 6.22. The van der Waals surface area contributed by atoms with Crippen molar-refractivity contribution < 1.29 is 29.4 Å². The van der Waals surface area contributed by atoms with Crippen molar-refractivity contribution in [3.8, 4) is 0 Å². The molecule has 4 rings (SSSR count). The molecule has 0 radical (unpaired) electrons. The quantitative estimate of drug-likeness (QED) is 0.756. The van der Waals surface area contributed by atoms with Gasteiger partial charge in [-0.1, -0.05) is 12.1 Å². The van der Waals surface area contributed by atoms with E-state index in [2.05, 4.69) is 0 Å². The number of imide groups is 2. The summed E-state index contributed by atoms with van der Waals surface area (Å²) in [6.07, 6.45) is 0.377. The summed E-state index contributed by atoms with van der Waals surface area (Å²) in [5.74, 6) is -2.16. The summed E-state index contributed by atoms with van der Waals surface area (Å²) in [4.78, 5) is 49.9. The molecule has 0 unspecified atom stereocenters. The zero-order chi connectivity index (χ0) is 19.3. The third-order valence-electron chi connectivity index (χ3n) is 4.76. The molecule has 27 heavy (non-hydrogen) atoms. The van der Waals surface area contributed by atoms with Gasteiger partial charge in [-0.2, -0.15) is 0 Å². The number of hydrogen-bond donors (Lipinski definition) is 2. The molecule has 2 aliphatic rings. The van der Waals surface area contributed by atoms with Gasteiger partial charge in [-0.25, -0.2) is 0 Å². The van der Waals surface area contributed by atoms with Gasteiger partial charge in [0.15, 0.2) is 0 Å². The van der Waals surface area contributed by atoms with E-state index in [1.807, 2.05) is 0 Å². The van der Waals surface area contributed by atoms with Crippen LogP contribution in [0, 0.1) is 0 Å². The summed E-state index contributed by atoms with van der Waals surface area (Å²) in [5.41, 5.74) is 2.42. The number of amides is 4. The van der Waals surface area contributed by atoms with Crippen LogP contribution in [0.15, 0.2) is 36.4 Å². The third kappa shape index (κ3) is 2.46. The van der Waals surface area contributed by atoms with E-state index in [0.717, 1.165) is 20.9 Å². The number of carbonyl (C=O) groups excluding carboxylic acids is 4. The van der Waals surface area contributed by atoms with Gasteiger partial charge in [0.05, 0.1) is 22.3 Å². The van der Waals surface area contributed by atoms with Gasteiger partial charge in [0.2, 0.25) is 0 Å². The van der Waals surface area contributed by atoms with E-state index in [-0.39, 0.29) is 22.3 Å². The number of nitrogens with zero attached hydrogens (tertiary/aromatic N) is 2. The van der Waals surface area contributed by atoms with E-state index in [9.17, 15) is 19.2 Å². The molecule has 0 spiro atoms. The van der Waals surface area contributed by atoms with E-state index in [0.29, 0.717) is 6.42 Å². The molecule has 136 valence electrons. The van der Waals surface area contributed by atoms with Crippen LogP contribution in [0.5, 0.6) is 0 Å². The largest absolute Gasteiger partial charge is 0.376 e. The summed E-state index contributed by atoms with van der Waals surface area (Å²) in [7, 11) is 0. The molecular formula is C19H14N2O6. The van der Waals surface area contributed by atoms with Crippen LogP contribution < -0.4 is 0 Å². The fraction of sp³-hybridized carbons (Fsp3) is 0.158. The Morgan fingerprint density at radius 3 is 1.33 bits per heavy atom. The molecule has 2 aromatic carbocycles. The van der Waals surface area contributed by atoms with Crippen molar-refractivity contribution in [2.24, 2.45) is 0 Å². The zero-order valence-electron chi connectivity index (χ0n) is 14.0. The lowest BCUT2D eigenvalue weighted by atomic mass is 9.98. The molecular weight excluding hydrogens is 352 g/mol. The van der Waals surface area contributed by atoms with Crippen molar-refractivity contribution in [1.29, 1.82) is 0 Å². The maximum Gasteiger partial charge on any atom is 0.263 e. The maximum atomic E-state index is 12.2. The molecule has 0 fully saturated rings. The maximum absolute atomic E-state index is 12.2. The van der Waals surface area contributed by atoms with E-state index < -0.39 is 37.1 Å². The SMILES string of the molecule is O=C1c2ccc(Cc3ccc4c(c3)C(=O)N(CO)C4=O)cc2C(=O)N1CO. The van der Waals surface area contributed by atoms with Crippen LogP contribution in [0.25, 0.3) is 0 Å². The fourth-order valence-corrected chi connectivity index (χ4v) is 3.39. The summed E-state index contributed by atoms with van der Waals surface area (Å²) in [6, 6.07) is 9.65. The smallest absolute Gasteiger partial charge is 0.263 e. The number of carbonyl (C=O) groups is 4. The van der Waals surface area contributed by atoms with Gasteiger partial charge in [-0.3, -0.25) is 29.0 Å². The number of rotatable bonds is 4. The van der Waals surface area contributed by atoms with Crippen molar-refractivity contribution >= 4 is 23.6 Å². The van der Waals surface area contributed by atoms with E-state index in [4.69, 9.17) is 10.2 Å². The van der Waals surface area contributed by atoms with Crippen molar-refractivity contribution in [2.45, 2.75) is 6.42 Å². The van der Waals surface area contributed by atoms with Crippen molar-refractivity contribution in [3.05, 3.63) is 69.8 Å². The Morgan fingerprint density at radius 2 is 0.963 bits per heavy atom. The third-order valence-corrected chi connectivity index (χ3v) is 4.76. The summed E-state index contributed by atoms with van der Waals surface area (Å²) < 4.78 is 0. The highest BCUT2D eigenvalue weighted by atomic mass is 16.3. The van der Waals surface area contributed by atoms with Crippen LogP contribution in [-0.4, -0.2) is 57.1 Å². The van der Waals surface area contributed by atoms with Crippen LogP contribution >= 0.6 is 0 Å². The Bertz CT molecular complexity index is 947. The second-order valence-corrected chi connectivity index (χ2v) is 6.30. The lowest BCUT2D eigenvalue weighted by Gasteiger charge is -2.07. The molecule has 2 aliphatic heterocycles. The Hall–Kier alpha value is -3.36. The second-order valence-electron chi connectivity index (χ2n) is 6.30. The predicted molar refractivity (Wildman–Crippen MR) is 90.9 cm³/mol. The Labute approximate surface area is 153 Å². The first-order chi connectivity index (χ1) is 13.0. The molecule has 0 saturated heterocycles. The van der Waals surface area contributed by atoms with E-state index >= 15 is 0 Å². The molecule has 2 heterocycles. The molecule has 4 amide bonds. The Kier molecular flexibility index (Phi) is 3.87. The van der Waals surface area contributed by atoms with Gasteiger partial charge < -0.3 is 10.2 Å². The van der Waals surface area contributed by atoms with Crippen molar-refractivity contribution in [2.75, 3.05) is 13.5 Å². The second kappa shape index (κ2) is 6.11. The molecule has 0 saturated carbocycles. The summed E-state index contributed by atoms with van der Waals surface area (Å²) >= 11 is 0. The Balaban J connectivity index is 1.64. The molecule has 0 bridgehead atoms. The predicted octanol–water partition coefficient (Wildman–Crippen LogP) is 0.369. The standard InChI is InChI=1S/C19H14N2O6/c22-8-20-16(24)12-3-1-10(6-14(12)18(20)26)5-11-2-4-13-15(7-11)19(27)21(9-23)17(13)25/h1-4,6-7,22-23H,5,8-9H2. The monoisotopic (exact) mass is 366 g/mol. The Morgan fingerprint density at radius 1 is 0.593 bits per heavy atom. The van der Waals surface area contributed by atoms with E-state index in [1.165, 1.54) is 12.1 Å². The number of aliphatic hydroxyl groups excluding tert-OH is 2. The molecule has 0 aromatic heterocycles. The molecule has 0 atom stereocenters. The van der Waals surface area contributed by atoms with Crippen molar-refractivity contribution in [1.82, 2.24) is 9.80 Å². The number of hydrogen-bond acceptors (Lipinski definition) is 6. The molecule has 8 nitrogen and oxygen atoms in total. The van der Waals surface area contributed by atoms with Crippen LogP contribution in [0.2, 0.25) is 0 Å².